The molecule has 3 atom stereocenters. The molecule has 212 valence electrons. The van der Waals surface area contributed by atoms with Crippen molar-refractivity contribution in [2.75, 3.05) is 4.90 Å². The Morgan fingerprint density at radius 1 is 1.07 bits per heavy atom. The quantitative estimate of drug-likeness (QED) is 0.305. The van der Waals surface area contributed by atoms with Gasteiger partial charge < -0.3 is 9.47 Å². The van der Waals surface area contributed by atoms with E-state index in [2.05, 4.69) is 9.71 Å². The molecule has 1 amide bonds. The molecular weight excluding hydrogens is 546 g/mol. The molecule has 0 saturated heterocycles. The van der Waals surface area contributed by atoms with Gasteiger partial charge in [0.2, 0.25) is 15.9 Å². The minimum absolute atomic E-state index is 0.00965. The lowest BCUT2D eigenvalue weighted by molar-refractivity contribution is -0.120. The third-order valence-electron chi connectivity index (χ3n) is 8.05. The fraction of sp³-hybridized carbons (Fsp3) is 0.290. The number of nitrogens with one attached hydrogen (secondary N) is 1. The van der Waals surface area contributed by atoms with Crippen molar-refractivity contribution in [2.45, 2.75) is 49.1 Å². The van der Waals surface area contributed by atoms with Crippen LogP contribution in [0.15, 0.2) is 84.0 Å². The summed E-state index contributed by atoms with van der Waals surface area (Å²) in [6, 6.07) is 16.4. The summed E-state index contributed by atoms with van der Waals surface area (Å²) in [4.78, 5) is 20.0. The Bertz CT molecular complexity index is 1700. The van der Waals surface area contributed by atoms with Crippen molar-refractivity contribution in [1.29, 1.82) is 0 Å². The van der Waals surface area contributed by atoms with Gasteiger partial charge >= 0.3 is 0 Å². The highest BCUT2D eigenvalue weighted by Crippen LogP contribution is 2.49. The van der Waals surface area contributed by atoms with Crippen molar-refractivity contribution in [3.63, 3.8) is 0 Å². The maximum absolute atomic E-state index is 14.0. The van der Waals surface area contributed by atoms with Gasteiger partial charge in [-0.2, -0.15) is 0 Å². The molecule has 0 unspecified atom stereocenters. The summed E-state index contributed by atoms with van der Waals surface area (Å²) in [5, 5.41) is 0. The van der Waals surface area contributed by atoms with Crippen LogP contribution in [-0.4, -0.2) is 23.9 Å². The molecule has 3 aromatic carbocycles. The number of nitrogens with zero attached hydrogens (tertiary/aromatic N) is 3. The second-order valence-corrected chi connectivity index (χ2v) is 12.5. The second kappa shape index (κ2) is 10.8. The first-order valence-corrected chi connectivity index (χ1v) is 15.1. The fourth-order valence-corrected chi connectivity index (χ4v) is 6.98. The Labute approximate surface area is 237 Å². The summed E-state index contributed by atoms with van der Waals surface area (Å²) >= 11 is 0. The Morgan fingerprint density at radius 3 is 2.61 bits per heavy atom. The highest BCUT2D eigenvalue weighted by molar-refractivity contribution is 7.89. The van der Waals surface area contributed by atoms with Crippen LogP contribution in [0.5, 0.6) is 0 Å². The van der Waals surface area contributed by atoms with E-state index in [1.807, 2.05) is 36.0 Å². The van der Waals surface area contributed by atoms with Crippen molar-refractivity contribution in [3.8, 4) is 0 Å². The van der Waals surface area contributed by atoms with Gasteiger partial charge in [0.05, 0.1) is 11.4 Å². The zero-order chi connectivity index (χ0) is 28.7. The number of carbonyl (C=O) groups excluding carboxylic acids is 1. The number of halogens is 2. The number of hydrogen-bond donors (Lipinski definition) is 1. The Morgan fingerprint density at radius 2 is 1.88 bits per heavy atom. The largest absolute Gasteiger partial charge is 0.337 e. The number of sulfonamides is 1. The van der Waals surface area contributed by atoms with Gasteiger partial charge in [-0.05, 0) is 90.8 Å². The Balaban J connectivity index is 1.31. The first-order chi connectivity index (χ1) is 19.7. The van der Waals surface area contributed by atoms with E-state index in [4.69, 9.17) is 0 Å². The third kappa shape index (κ3) is 5.67. The lowest BCUT2D eigenvalue weighted by Crippen LogP contribution is -2.34. The van der Waals surface area contributed by atoms with Gasteiger partial charge in [0.15, 0.2) is 0 Å². The monoisotopic (exact) mass is 576 g/mol. The van der Waals surface area contributed by atoms with Crippen LogP contribution in [0, 0.1) is 17.6 Å². The summed E-state index contributed by atoms with van der Waals surface area (Å²) in [6.07, 6.45) is 6.33. The summed E-state index contributed by atoms with van der Waals surface area (Å²) in [6.45, 7) is 0.243. The topological polar surface area (TPSA) is 84.3 Å². The minimum atomic E-state index is -3.98. The molecular formula is C31H30F2N4O3S. The standard InChI is InChI=1S/C31H30F2N4O3S/c1-36-15-14-34-30(36)19-37(31(38)28-18-26(28)21-8-11-22(32)12-9-21)24-13-10-20-4-2-7-29(27(20)17-24)35-41(39,40)25-6-3-5-23(33)16-25/h3,5-6,8-17,26,28-29,35H,2,4,7,18-19H2,1H3/t26-,28-,29-/m0/s1. The zero-order valence-corrected chi connectivity index (χ0v) is 23.3. The van der Waals surface area contributed by atoms with Gasteiger partial charge in [-0.3, -0.25) is 4.79 Å². The van der Waals surface area contributed by atoms with Crippen molar-refractivity contribution in [3.05, 3.63) is 113 Å². The van der Waals surface area contributed by atoms with Crippen LogP contribution in [-0.2, 0) is 34.8 Å². The second-order valence-electron chi connectivity index (χ2n) is 10.8. The van der Waals surface area contributed by atoms with E-state index in [0.717, 1.165) is 35.6 Å². The van der Waals surface area contributed by atoms with Crippen molar-refractivity contribution in [2.24, 2.45) is 13.0 Å². The molecule has 2 aliphatic rings. The molecule has 0 spiro atoms. The average molecular weight is 577 g/mol. The van der Waals surface area contributed by atoms with Crippen LogP contribution in [0.1, 0.15) is 53.7 Å². The first kappa shape index (κ1) is 27.3. The molecule has 10 heteroatoms. The lowest BCUT2D eigenvalue weighted by Gasteiger charge is -2.29. The number of rotatable bonds is 8. The normalized spacial score (nSPS) is 19.9. The van der Waals surface area contributed by atoms with E-state index in [0.29, 0.717) is 24.4 Å². The molecule has 1 N–H and O–H groups in total. The van der Waals surface area contributed by atoms with Gasteiger partial charge in [0.1, 0.15) is 17.5 Å². The number of amides is 1. The fourth-order valence-electron chi connectivity index (χ4n) is 5.70. The van der Waals surface area contributed by atoms with E-state index >= 15 is 0 Å². The summed E-state index contributed by atoms with van der Waals surface area (Å²) in [5.41, 5.74) is 3.39. The molecule has 41 heavy (non-hydrogen) atoms. The van der Waals surface area contributed by atoms with Gasteiger partial charge in [-0.15, -0.1) is 0 Å². The van der Waals surface area contributed by atoms with E-state index in [1.54, 1.807) is 23.2 Å². The Kier molecular flexibility index (Phi) is 7.21. The molecule has 6 rings (SSSR count). The van der Waals surface area contributed by atoms with E-state index < -0.39 is 21.9 Å². The van der Waals surface area contributed by atoms with E-state index in [1.165, 1.54) is 30.3 Å². The zero-order valence-electron chi connectivity index (χ0n) is 22.5. The van der Waals surface area contributed by atoms with Crippen LogP contribution >= 0.6 is 0 Å². The molecule has 4 aromatic rings. The van der Waals surface area contributed by atoms with Gasteiger partial charge in [0, 0.05) is 37.1 Å². The van der Waals surface area contributed by atoms with E-state index in [-0.39, 0.29) is 35.0 Å². The minimum Gasteiger partial charge on any atom is -0.337 e. The molecule has 1 saturated carbocycles. The smallest absolute Gasteiger partial charge is 0.241 e. The predicted octanol–water partition coefficient (Wildman–Crippen LogP) is 5.39. The molecule has 1 heterocycles. The maximum atomic E-state index is 14.0. The van der Waals surface area contributed by atoms with Gasteiger partial charge in [-0.1, -0.05) is 24.3 Å². The predicted molar refractivity (Wildman–Crippen MR) is 150 cm³/mol. The number of benzene rings is 3. The Hall–Kier alpha value is -3.89. The van der Waals surface area contributed by atoms with Crippen molar-refractivity contribution in [1.82, 2.24) is 14.3 Å². The highest BCUT2D eigenvalue weighted by Gasteiger charge is 2.46. The number of anilines is 1. The van der Waals surface area contributed by atoms with Crippen LogP contribution < -0.4 is 9.62 Å². The maximum Gasteiger partial charge on any atom is 0.241 e. The average Bonchev–Trinajstić information content (AvgIpc) is 3.66. The summed E-state index contributed by atoms with van der Waals surface area (Å²) in [7, 11) is -2.11. The SMILES string of the molecule is Cn1ccnc1CN(C(=O)[C@H]1C[C@H]1c1ccc(F)cc1)c1ccc2c(c1)[C@@H](NS(=O)(=O)c1cccc(F)c1)CCC2. The molecule has 2 aliphatic carbocycles. The third-order valence-corrected chi connectivity index (χ3v) is 9.52. The molecule has 7 nitrogen and oxygen atoms in total. The molecule has 0 bridgehead atoms. The molecule has 0 aliphatic heterocycles. The number of aryl methyl sites for hydroxylation is 2. The number of aromatic nitrogens is 2. The van der Waals surface area contributed by atoms with Gasteiger partial charge in [0.25, 0.3) is 0 Å². The molecule has 1 aromatic heterocycles. The van der Waals surface area contributed by atoms with Crippen LogP contribution in [0.2, 0.25) is 0 Å². The van der Waals surface area contributed by atoms with E-state index in [9.17, 15) is 22.0 Å². The lowest BCUT2D eigenvalue weighted by atomic mass is 9.87. The summed E-state index contributed by atoms with van der Waals surface area (Å²) < 4.78 is 58.2. The molecule has 0 radical (unpaired) electrons. The number of hydrogen-bond acceptors (Lipinski definition) is 4. The highest BCUT2D eigenvalue weighted by atomic mass is 32.2. The number of imidazole rings is 1. The molecule has 1 fully saturated rings. The number of fused-ring (bicyclic) bond motifs is 1. The van der Waals surface area contributed by atoms with Crippen molar-refractivity contribution >= 4 is 21.6 Å². The van der Waals surface area contributed by atoms with Crippen LogP contribution in [0.25, 0.3) is 0 Å². The first-order valence-electron chi connectivity index (χ1n) is 13.6. The summed E-state index contributed by atoms with van der Waals surface area (Å²) in [5.74, 6) is -0.533. The van der Waals surface area contributed by atoms with Crippen molar-refractivity contribution < 1.29 is 22.0 Å². The number of carbonyl (C=O) groups is 1. The van der Waals surface area contributed by atoms with Crippen LogP contribution in [0.3, 0.4) is 0 Å². The van der Waals surface area contributed by atoms with Crippen LogP contribution in [0.4, 0.5) is 14.5 Å². The van der Waals surface area contributed by atoms with Gasteiger partial charge in [-0.25, -0.2) is 26.9 Å².